The monoisotopic (exact) mass is 281 g/mol. The van der Waals surface area contributed by atoms with Crippen molar-refractivity contribution >= 4 is 11.8 Å². The molecule has 2 heterocycles. The fraction of sp³-hybridized carbons (Fsp3) is 0.500. The van der Waals surface area contributed by atoms with Gasteiger partial charge in [0, 0.05) is 6.07 Å². The van der Waals surface area contributed by atoms with Gasteiger partial charge in [0.2, 0.25) is 5.91 Å². The summed E-state index contributed by atoms with van der Waals surface area (Å²) in [6.07, 6.45) is 2.13. The minimum atomic E-state index is -0.784. The Labute approximate surface area is 115 Å². The molecule has 2 rings (SSSR count). The van der Waals surface area contributed by atoms with Crippen LogP contribution < -0.4 is 5.63 Å². The predicted octanol–water partition coefficient (Wildman–Crippen LogP) is 1.48. The van der Waals surface area contributed by atoms with Gasteiger partial charge < -0.3 is 4.42 Å². The Morgan fingerprint density at radius 2 is 2.10 bits per heavy atom. The van der Waals surface area contributed by atoms with E-state index < -0.39 is 24.1 Å². The lowest BCUT2D eigenvalue weighted by atomic mass is 9.97. The van der Waals surface area contributed by atoms with Crippen LogP contribution in [0.2, 0.25) is 0 Å². The maximum absolute atomic E-state index is 12.4. The summed E-state index contributed by atoms with van der Waals surface area (Å²) in [7, 11) is 0. The molecule has 0 fully saturated rings. The number of unbranched alkanes of at least 4 members (excludes halogenated alkanes) is 1. The van der Waals surface area contributed by atoms with Gasteiger partial charge in [0.05, 0.1) is 18.5 Å². The van der Waals surface area contributed by atoms with E-state index in [1.165, 1.54) is 6.07 Å². The second-order valence-electron chi connectivity index (χ2n) is 4.71. The van der Waals surface area contributed by atoms with Crippen LogP contribution in [0.15, 0.2) is 15.3 Å². The predicted molar refractivity (Wildman–Crippen MR) is 69.3 cm³/mol. The highest BCUT2D eigenvalue weighted by Gasteiger charge is 2.34. The number of amides is 2. The van der Waals surface area contributed by atoms with E-state index in [0.29, 0.717) is 12.0 Å². The fourth-order valence-corrected chi connectivity index (χ4v) is 2.33. The largest absolute Gasteiger partial charge is 0.426 e. The van der Waals surface area contributed by atoms with Crippen molar-refractivity contribution in [2.75, 3.05) is 13.2 Å². The van der Waals surface area contributed by atoms with E-state index in [1.54, 1.807) is 0 Å². The maximum Gasteiger partial charge on any atom is 0.336 e. The molecular weight excluding hydrogens is 265 g/mol. The molecule has 20 heavy (non-hydrogen) atoms. The van der Waals surface area contributed by atoms with Gasteiger partial charge in [-0.3, -0.25) is 14.5 Å². The van der Waals surface area contributed by atoms with Crippen LogP contribution in [0.1, 0.15) is 41.4 Å². The van der Waals surface area contributed by atoms with Crippen molar-refractivity contribution in [3.63, 3.8) is 0 Å². The number of imide groups is 1. The molecule has 108 valence electrons. The minimum absolute atomic E-state index is 0.105. The van der Waals surface area contributed by atoms with Crippen molar-refractivity contribution in [3.8, 4) is 0 Å². The molecule has 5 nitrogen and oxygen atoms in total. The first-order chi connectivity index (χ1) is 9.58. The average molecular weight is 281 g/mol. The molecule has 2 amide bonds. The smallest absolute Gasteiger partial charge is 0.336 e. The highest BCUT2D eigenvalue weighted by atomic mass is 19.1. The van der Waals surface area contributed by atoms with Gasteiger partial charge in [-0.05, 0) is 18.4 Å². The molecule has 1 aliphatic heterocycles. The van der Waals surface area contributed by atoms with Crippen LogP contribution in [-0.4, -0.2) is 29.9 Å². The molecule has 0 radical (unpaired) electrons. The van der Waals surface area contributed by atoms with Crippen LogP contribution in [0.5, 0.6) is 0 Å². The molecule has 6 heteroatoms. The van der Waals surface area contributed by atoms with E-state index in [9.17, 15) is 18.8 Å². The summed E-state index contributed by atoms with van der Waals surface area (Å²) in [6.45, 7) is 0.954. The minimum Gasteiger partial charge on any atom is -0.426 e. The number of fused-ring (bicyclic) bond motifs is 1. The van der Waals surface area contributed by atoms with Gasteiger partial charge >= 0.3 is 5.63 Å². The zero-order chi connectivity index (χ0) is 14.7. The summed E-state index contributed by atoms with van der Waals surface area (Å²) >= 11 is 0. The zero-order valence-corrected chi connectivity index (χ0v) is 11.3. The molecule has 0 spiro atoms. The number of carbonyl (C=O) groups is 2. The third-order valence-corrected chi connectivity index (χ3v) is 3.30. The summed E-state index contributed by atoms with van der Waals surface area (Å²) in [5.74, 6) is -0.992. The summed E-state index contributed by atoms with van der Waals surface area (Å²) < 4.78 is 17.4. The van der Waals surface area contributed by atoms with Crippen molar-refractivity contribution in [2.45, 2.75) is 32.6 Å². The van der Waals surface area contributed by atoms with Crippen LogP contribution in [0.25, 0.3) is 0 Å². The average Bonchev–Trinajstić information content (AvgIpc) is 2.40. The molecule has 0 saturated carbocycles. The molecule has 0 unspecified atom stereocenters. The van der Waals surface area contributed by atoms with Gasteiger partial charge in [-0.15, -0.1) is 0 Å². The first-order valence-electron chi connectivity index (χ1n) is 6.65. The molecule has 0 atom stereocenters. The number of hydrogen-bond acceptors (Lipinski definition) is 4. The molecule has 0 N–H and O–H groups in total. The van der Waals surface area contributed by atoms with Crippen molar-refractivity contribution in [1.29, 1.82) is 0 Å². The van der Waals surface area contributed by atoms with Gasteiger partial charge in [-0.25, -0.2) is 9.18 Å². The third-order valence-electron chi connectivity index (χ3n) is 3.30. The van der Waals surface area contributed by atoms with Crippen molar-refractivity contribution in [3.05, 3.63) is 33.4 Å². The molecule has 1 aromatic rings. The molecule has 1 aliphatic rings. The molecule has 1 aromatic heterocycles. The van der Waals surface area contributed by atoms with Gasteiger partial charge in [-0.1, -0.05) is 13.3 Å². The zero-order valence-electron chi connectivity index (χ0n) is 11.3. The Hall–Kier alpha value is -1.98. The lowest BCUT2D eigenvalue weighted by Crippen LogP contribution is -2.44. The normalized spacial score (nSPS) is 14.6. The highest BCUT2D eigenvalue weighted by molar-refractivity contribution is 6.09. The lowest BCUT2D eigenvalue weighted by molar-refractivity contribution is -0.128. The number of halogens is 1. The second kappa shape index (κ2) is 5.98. The standard InChI is InChI=1S/C14H16FNO4/c1-2-3-4-9-7-12(18)20-10-8-11(17)16(6-5-15)14(19)13(9)10/h7H,2-6,8H2,1H3. The van der Waals surface area contributed by atoms with Crippen LogP contribution in [-0.2, 0) is 17.6 Å². The van der Waals surface area contributed by atoms with Crippen LogP contribution in [0, 0.1) is 0 Å². The summed E-state index contributed by atoms with van der Waals surface area (Å²) in [5.41, 5.74) is 0.278. The van der Waals surface area contributed by atoms with E-state index >= 15 is 0 Å². The molecule has 0 aromatic carbocycles. The Morgan fingerprint density at radius 1 is 1.35 bits per heavy atom. The topological polar surface area (TPSA) is 67.6 Å². The maximum atomic E-state index is 12.4. The number of rotatable bonds is 5. The summed E-state index contributed by atoms with van der Waals surface area (Å²) in [6, 6.07) is 1.29. The number of nitrogens with zero attached hydrogens (tertiary/aromatic N) is 1. The van der Waals surface area contributed by atoms with Crippen LogP contribution in [0.4, 0.5) is 4.39 Å². The van der Waals surface area contributed by atoms with Gasteiger partial charge in [-0.2, -0.15) is 0 Å². The summed E-state index contributed by atoms with van der Waals surface area (Å²) in [4.78, 5) is 36.4. The van der Waals surface area contributed by atoms with Gasteiger partial charge in [0.15, 0.2) is 0 Å². The first-order valence-corrected chi connectivity index (χ1v) is 6.65. The van der Waals surface area contributed by atoms with E-state index in [2.05, 4.69) is 0 Å². The fourth-order valence-electron chi connectivity index (χ4n) is 2.33. The van der Waals surface area contributed by atoms with E-state index in [0.717, 1.165) is 17.7 Å². The third kappa shape index (κ3) is 2.64. The molecule has 0 saturated heterocycles. The van der Waals surface area contributed by atoms with Gasteiger partial charge in [0.25, 0.3) is 5.91 Å². The van der Waals surface area contributed by atoms with Crippen LogP contribution >= 0.6 is 0 Å². The Kier molecular flexibility index (Phi) is 4.32. The first kappa shape index (κ1) is 14.4. The molecule has 0 bridgehead atoms. The van der Waals surface area contributed by atoms with Crippen LogP contribution in [0.3, 0.4) is 0 Å². The molecular formula is C14H16FNO4. The van der Waals surface area contributed by atoms with E-state index in [4.69, 9.17) is 4.42 Å². The highest BCUT2D eigenvalue weighted by Crippen LogP contribution is 2.23. The lowest BCUT2D eigenvalue weighted by Gasteiger charge is -2.26. The van der Waals surface area contributed by atoms with Gasteiger partial charge in [0.1, 0.15) is 12.4 Å². The number of aryl methyl sites for hydroxylation is 1. The Bertz CT molecular complexity index is 593. The SMILES string of the molecule is CCCCc1cc(=O)oc2c1C(=O)N(CCF)C(=O)C2. The summed E-state index contributed by atoms with van der Waals surface area (Å²) in [5, 5.41) is 0. The second-order valence-corrected chi connectivity index (χ2v) is 4.71. The molecule has 0 aliphatic carbocycles. The Morgan fingerprint density at radius 3 is 2.75 bits per heavy atom. The van der Waals surface area contributed by atoms with E-state index in [1.807, 2.05) is 6.92 Å². The van der Waals surface area contributed by atoms with Crippen molar-refractivity contribution in [1.82, 2.24) is 4.90 Å². The Balaban J connectivity index is 2.47. The number of hydrogen-bond donors (Lipinski definition) is 0. The van der Waals surface area contributed by atoms with Crippen molar-refractivity contribution < 1.29 is 18.4 Å². The van der Waals surface area contributed by atoms with Crippen molar-refractivity contribution in [2.24, 2.45) is 0 Å². The number of alkyl halides is 1. The quantitative estimate of drug-likeness (QED) is 0.767. The number of carbonyl (C=O) groups excluding carboxylic acids is 2. The van der Waals surface area contributed by atoms with E-state index in [-0.39, 0.29) is 24.3 Å².